The van der Waals surface area contributed by atoms with Crippen LogP contribution in [0.2, 0.25) is 0 Å². The highest BCUT2D eigenvalue weighted by Crippen LogP contribution is 2.11. The summed E-state index contributed by atoms with van der Waals surface area (Å²) in [6, 6.07) is 0.180. The lowest BCUT2D eigenvalue weighted by Gasteiger charge is -2.22. The third kappa shape index (κ3) is 4.24. The second-order valence-electron chi connectivity index (χ2n) is 3.77. The van der Waals surface area contributed by atoms with Crippen LogP contribution in [-0.4, -0.2) is 32.5 Å². The number of nitrogens with one attached hydrogen (secondary N) is 1. The zero-order valence-corrected chi connectivity index (χ0v) is 9.52. The minimum atomic E-state index is -2.76. The Morgan fingerprint density at radius 2 is 2.29 bits per heavy atom. The number of allylic oxidation sites excluding steroid dienone is 1. The van der Waals surface area contributed by atoms with Crippen LogP contribution in [0.25, 0.3) is 0 Å². The van der Waals surface area contributed by atoms with Crippen molar-refractivity contribution in [1.29, 1.82) is 0 Å². The molecule has 14 heavy (non-hydrogen) atoms. The Kier molecular flexibility index (Phi) is 4.62. The van der Waals surface area contributed by atoms with E-state index in [4.69, 9.17) is 0 Å². The minimum Gasteiger partial charge on any atom is -0.313 e. The van der Waals surface area contributed by atoms with Gasteiger partial charge in [-0.1, -0.05) is 12.2 Å². The molecular formula is C10H19NO2S. The summed E-state index contributed by atoms with van der Waals surface area (Å²) in [7, 11) is -2.76. The van der Waals surface area contributed by atoms with Gasteiger partial charge in [0.15, 0.2) is 9.84 Å². The van der Waals surface area contributed by atoms with Crippen molar-refractivity contribution in [2.24, 2.45) is 0 Å². The molecule has 0 amide bonds. The molecule has 1 rings (SSSR count). The van der Waals surface area contributed by atoms with Crippen LogP contribution in [0.15, 0.2) is 12.2 Å². The van der Waals surface area contributed by atoms with Gasteiger partial charge in [-0.25, -0.2) is 8.42 Å². The first-order valence-corrected chi connectivity index (χ1v) is 7.01. The Labute approximate surface area is 86.5 Å². The predicted octanol–water partition coefficient (Wildman–Crippen LogP) is 1.12. The molecule has 1 aliphatic heterocycles. The summed E-state index contributed by atoms with van der Waals surface area (Å²) >= 11 is 0. The third-order valence-corrected chi connectivity index (χ3v) is 4.26. The summed E-state index contributed by atoms with van der Waals surface area (Å²) in [4.78, 5) is 0. The normalized spacial score (nSPS) is 26.8. The molecule has 1 unspecified atom stereocenters. The Balaban J connectivity index is 2.25. The fraction of sp³-hybridized carbons (Fsp3) is 0.800. The van der Waals surface area contributed by atoms with Gasteiger partial charge in [0.05, 0.1) is 11.5 Å². The van der Waals surface area contributed by atoms with E-state index in [0.717, 1.165) is 25.8 Å². The SMILES string of the molecule is C/C=C/CCNC1CCCS(=O)(=O)C1. The van der Waals surface area contributed by atoms with Gasteiger partial charge in [-0.2, -0.15) is 0 Å². The zero-order valence-electron chi connectivity index (χ0n) is 8.70. The van der Waals surface area contributed by atoms with Crippen molar-refractivity contribution < 1.29 is 8.42 Å². The number of sulfone groups is 1. The topological polar surface area (TPSA) is 46.2 Å². The minimum absolute atomic E-state index is 0.180. The van der Waals surface area contributed by atoms with Crippen LogP contribution < -0.4 is 5.32 Å². The fourth-order valence-corrected chi connectivity index (χ4v) is 3.39. The maximum Gasteiger partial charge on any atom is 0.151 e. The number of rotatable bonds is 4. The molecule has 0 aromatic heterocycles. The highest BCUT2D eigenvalue weighted by Gasteiger charge is 2.23. The Morgan fingerprint density at radius 3 is 2.93 bits per heavy atom. The van der Waals surface area contributed by atoms with E-state index < -0.39 is 9.84 Å². The van der Waals surface area contributed by atoms with Crippen molar-refractivity contribution >= 4 is 9.84 Å². The van der Waals surface area contributed by atoms with Crippen LogP contribution in [-0.2, 0) is 9.84 Å². The molecule has 82 valence electrons. The van der Waals surface area contributed by atoms with E-state index >= 15 is 0 Å². The first-order valence-electron chi connectivity index (χ1n) is 5.19. The second kappa shape index (κ2) is 5.51. The molecule has 0 aromatic rings. The van der Waals surface area contributed by atoms with Gasteiger partial charge in [0, 0.05) is 6.04 Å². The van der Waals surface area contributed by atoms with E-state index in [1.165, 1.54) is 0 Å². The molecule has 0 radical (unpaired) electrons. The first-order chi connectivity index (χ1) is 6.64. The summed E-state index contributed by atoms with van der Waals surface area (Å²) in [5.74, 6) is 0.697. The van der Waals surface area contributed by atoms with E-state index in [9.17, 15) is 8.42 Å². The smallest absolute Gasteiger partial charge is 0.151 e. The summed E-state index contributed by atoms with van der Waals surface area (Å²) in [6.07, 6.45) is 6.88. The second-order valence-corrected chi connectivity index (χ2v) is 5.99. The van der Waals surface area contributed by atoms with E-state index in [1.807, 2.05) is 13.0 Å². The third-order valence-electron chi connectivity index (χ3n) is 2.44. The van der Waals surface area contributed by atoms with Crippen molar-refractivity contribution in [3.63, 3.8) is 0 Å². The van der Waals surface area contributed by atoms with Gasteiger partial charge in [-0.05, 0) is 32.7 Å². The molecule has 0 bridgehead atoms. The lowest BCUT2D eigenvalue weighted by Crippen LogP contribution is -2.40. The van der Waals surface area contributed by atoms with Gasteiger partial charge in [0.2, 0.25) is 0 Å². The molecule has 1 aliphatic rings. The van der Waals surface area contributed by atoms with Crippen molar-refractivity contribution in [3.05, 3.63) is 12.2 Å². The molecule has 0 aromatic carbocycles. The van der Waals surface area contributed by atoms with E-state index in [-0.39, 0.29) is 6.04 Å². The number of hydrogen-bond donors (Lipinski definition) is 1. The summed E-state index contributed by atoms with van der Waals surface area (Å²) in [5, 5.41) is 3.28. The van der Waals surface area contributed by atoms with Gasteiger partial charge in [0.25, 0.3) is 0 Å². The van der Waals surface area contributed by atoms with Crippen molar-refractivity contribution in [2.45, 2.75) is 32.2 Å². The van der Waals surface area contributed by atoms with Gasteiger partial charge in [-0.15, -0.1) is 0 Å². The summed E-state index contributed by atoms with van der Waals surface area (Å²) in [6.45, 7) is 2.87. The average Bonchev–Trinajstić information content (AvgIpc) is 2.11. The van der Waals surface area contributed by atoms with Gasteiger partial charge in [-0.3, -0.25) is 0 Å². The highest BCUT2D eigenvalue weighted by molar-refractivity contribution is 7.91. The van der Waals surface area contributed by atoms with Crippen LogP contribution in [0.1, 0.15) is 26.2 Å². The standard InChI is InChI=1S/C10H19NO2S/c1-2-3-4-7-11-10-6-5-8-14(12,13)9-10/h2-3,10-11H,4-9H2,1H3/b3-2+. The Morgan fingerprint density at radius 1 is 1.50 bits per heavy atom. The molecule has 0 spiro atoms. The first kappa shape index (κ1) is 11.7. The molecule has 1 fully saturated rings. The van der Waals surface area contributed by atoms with Gasteiger partial charge < -0.3 is 5.32 Å². The Hall–Kier alpha value is -0.350. The highest BCUT2D eigenvalue weighted by atomic mass is 32.2. The van der Waals surface area contributed by atoms with Crippen LogP contribution in [0.3, 0.4) is 0 Å². The zero-order chi connectivity index (χ0) is 10.4. The van der Waals surface area contributed by atoms with Gasteiger partial charge >= 0.3 is 0 Å². The number of hydrogen-bond acceptors (Lipinski definition) is 3. The molecule has 1 heterocycles. The summed E-state index contributed by atoms with van der Waals surface area (Å²) in [5.41, 5.74) is 0. The molecule has 3 nitrogen and oxygen atoms in total. The molecule has 0 saturated carbocycles. The van der Waals surface area contributed by atoms with E-state index in [1.54, 1.807) is 0 Å². The fourth-order valence-electron chi connectivity index (χ4n) is 1.72. The molecule has 0 aliphatic carbocycles. The summed E-state index contributed by atoms with van der Waals surface area (Å²) < 4.78 is 22.6. The molecular weight excluding hydrogens is 198 g/mol. The monoisotopic (exact) mass is 217 g/mol. The predicted molar refractivity (Wildman–Crippen MR) is 59.1 cm³/mol. The molecule has 1 atom stereocenters. The van der Waals surface area contributed by atoms with E-state index in [0.29, 0.717) is 11.5 Å². The lowest BCUT2D eigenvalue weighted by molar-refractivity contribution is 0.485. The Bertz CT molecular complexity index is 282. The van der Waals surface area contributed by atoms with Gasteiger partial charge in [0.1, 0.15) is 0 Å². The van der Waals surface area contributed by atoms with Crippen LogP contribution in [0.4, 0.5) is 0 Å². The maximum atomic E-state index is 11.3. The molecule has 1 saturated heterocycles. The van der Waals surface area contributed by atoms with Crippen LogP contribution in [0, 0.1) is 0 Å². The van der Waals surface area contributed by atoms with Crippen LogP contribution in [0.5, 0.6) is 0 Å². The molecule has 1 N–H and O–H groups in total. The van der Waals surface area contributed by atoms with Crippen molar-refractivity contribution in [2.75, 3.05) is 18.1 Å². The van der Waals surface area contributed by atoms with Crippen molar-refractivity contribution in [3.8, 4) is 0 Å². The molecule has 4 heteroatoms. The van der Waals surface area contributed by atoms with Crippen LogP contribution >= 0.6 is 0 Å². The van der Waals surface area contributed by atoms with E-state index in [2.05, 4.69) is 11.4 Å². The maximum absolute atomic E-state index is 11.3. The van der Waals surface area contributed by atoms with Crippen molar-refractivity contribution in [1.82, 2.24) is 5.32 Å². The average molecular weight is 217 g/mol. The lowest BCUT2D eigenvalue weighted by atomic mass is 10.2. The largest absolute Gasteiger partial charge is 0.313 e. The quantitative estimate of drug-likeness (QED) is 0.567.